The molecule has 21 heavy (non-hydrogen) atoms. The third-order valence-corrected chi connectivity index (χ3v) is 3.77. The molecule has 0 aliphatic carbocycles. The molecule has 0 saturated carbocycles. The Morgan fingerprint density at radius 2 is 1.95 bits per heavy atom. The van der Waals surface area contributed by atoms with Gasteiger partial charge in [-0.2, -0.15) is 0 Å². The largest absolute Gasteiger partial charge is 0.292 e. The average molecular weight is 323 g/mol. The Hall–Kier alpha value is -1.58. The summed E-state index contributed by atoms with van der Waals surface area (Å²) in [6.45, 7) is 3.81. The predicted octanol–water partition coefficient (Wildman–Crippen LogP) is 5.43. The van der Waals surface area contributed by atoms with E-state index in [-0.39, 0.29) is 5.38 Å². The Labute approximate surface area is 132 Å². The maximum absolute atomic E-state index is 14.3. The molecule has 0 bridgehead atoms. The van der Waals surface area contributed by atoms with Crippen LogP contribution in [0.2, 0.25) is 5.02 Å². The zero-order valence-electron chi connectivity index (χ0n) is 11.6. The smallest absolute Gasteiger partial charge is 0.148 e. The van der Waals surface area contributed by atoms with E-state index in [4.69, 9.17) is 23.2 Å². The van der Waals surface area contributed by atoms with Gasteiger partial charge in [0.2, 0.25) is 0 Å². The van der Waals surface area contributed by atoms with E-state index in [1.807, 2.05) is 32.0 Å². The standard InChI is InChI=1S/C16H13Cl2FN2/c1-9-3-5-15-13(7-9)20-16(10(2)17)21(15)14-6-4-11(18)8-12(14)19/h3-8,10H,1-2H3. The van der Waals surface area contributed by atoms with Gasteiger partial charge in [-0.1, -0.05) is 17.7 Å². The second-order valence-corrected chi connectivity index (χ2v) is 6.10. The van der Waals surface area contributed by atoms with E-state index in [0.29, 0.717) is 16.5 Å². The molecule has 0 N–H and O–H groups in total. The summed E-state index contributed by atoms with van der Waals surface area (Å²) < 4.78 is 16.0. The molecule has 0 amide bonds. The van der Waals surface area contributed by atoms with Crippen molar-refractivity contribution in [2.75, 3.05) is 0 Å². The zero-order chi connectivity index (χ0) is 15.1. The highest BCUT2D eigenvalue weighted by atomic mass is 35.5. The summed E-state index contributed by atoms with van der Waals surface area (Å²) in [7, 11) is 0. The maximum atomic E-state index is 14.3. The van der Waals surface area contributed by atoms with Gasteiger partial charge in [0.25, 0.3) is 0 Å². The normalized spacial score (nSPS) is 12.8. The lowest BCUT2D eigenvalue weighted by molar-refractivity contribution is 0.616. The van der Waals surface area contributed by atoms with Crippen LogP contribution in [0.15, 0.2) is 36.4 Å². The second-order valence-electron chi connectivity index (χ2n) is 5.01. The van der Waals surface area contributed by atoms with Crippen LogP contribution in [0.5, 0.6) is 0 Å². The van der Waals surface area contributed by atoms with Crippen LogP contribution in [-0.2, 0) is 0 Å². The topological polar surface area (TPSA) is 17.8 Å². The molecule has 1 atom stereocenters. The summed E-state index contributed by atoms with van der Waals surface area (Å²) in [4.78, 5) is 4.54. The number of halogens is 3. The van der Waals surface area contributed by atoms with E-state index in [9.17, 15) is 4.39 Å². The number of benzene rings is 2. The van der Waals surface area contributed by atoms with Crippen LogP contribution in [0, 0.1) is 12.7 Å². The van der Waals surface area contributed by atoms with Crippen LogP contribution in [0.4, 0.5) is 4.39 Å². The van der Waals surface area contributed by atoms with Crippen molar-refractivity contribution in [2.24, 2.45) is 0 Å². The fourth-order valence-corrected chi connectivity index (χ4v) is 2.70. The summed E-state index contributed by atoms with van der Waals surface area (Å²) in [5.74, 6) is 0.208. The fraction of sp³-hybridized carbons (Fsp3) is 0.188. The molecule has 2 nitrogen and oxygen atoms in total. The van der Waals surface area contributed by atoms with Gasteiger partial charge in [0.05, 0.1) is 22.1 Å². The number of rotatable bonds is 2. The molecule has 1 aromatic heterocycles. The predicted molar refractivity (Wildman–Crippen MR) is 85.0 cm³/mol. The molecule has 0 radical (unpaired) electrons. The number of fused-ring (bicyclic) bond motifs is 1. The van der Waals surface area contributed by atoms with Crippen molar-refractivity contribution in [1.29, 1.82) is 0 Å². The van der Waals surface area contributed by atoms with E-state index in [0.717, 1.165) is 16.6 Å². The molecular formula is C16H13Cl2FN2. The first-order chi connectivity index (χ1) is 9.97. The Bertz CT molecular complexity index is 825. The molecule has 0 saturated heterocycles. The molecule has 2 aromatic carbocycles. The summed E-state index contributed by atoms with van der Waals surface area (Å²) in [5, 5.41) is 0.0183. The highest BCUT2D eigenvalue weighted by Crippen LogP contribution is 2.30. The molecule has 0 spiro atoms. The summed E-state index contributed by atoms with van der Waals surface area (Å²) in [6.07, 6.45) is 0. The number of hydrogen-bond acceptors (Lipinski definition) is 1. The lowest BCUT2D eigenvalue weighted by atomic mass is 10.2. The van der Waals surface area contributed by atoms with Crippen LogP contribution in [0.25, 0.3) is 16.7 Å². The van der Waals surface area contributed by atoms with E-state index < -0.39 is 5.82 Å². The van der Waals surface area contributed by atoms with Gasteiger partial charge in [-0.25, -0.2) is 9.37 Å². The third-order valence-electron chi connectivity index (χ3n) is 3.34. The molecule has 3 aromatic rings. The molecule has 3 rings (SSSR count). The molecule has 1 heterocycles. The highest BCUT2D eigenvalue weighted by molar-refractivity contribution is 6.30. The molecule has 5 heteroatoms. The first kappa shape index (κ1) is 14.4. The first-order valence-electron chi connectivity index (χ1n) is 6.56. The van der Waals surface area contributed by atoms with Gasteiger partial charge in [-0.05, 0) is 49.7 Å². The minimum atomic E-state index is -0.402. The summed E-state index contributed by atoms with van der Waals surface area (Å²) >= 11 is 12.0. The molecule has 0 aliphatic rings. The lowest BCUT2D eigenvalue weighted by Gasteiger charge is -2.11. The number of hydrogen-bond donors (Lipinski definition) is 0. The van der Waals surface area contributed by atoms with Crippen molar-refractivity contribution < 1.29 is 4.39 Å². The van der Waals surface area contributed by atoms with Crippen LogP contribution < -0.4 is 0 Å². The van der Waals surface area contributed by atoms with E-state index >= 15 is 0 Å². The molecule has 108 valence electrons. The Morgan fingerprint density at radius 3 is 2.62 bits per heavy atom. The van der Waals surface area contributed by atoms with Gasteiger partial charge < -0.3 is 0 Å². The molecule has 0 fully saturated rings. The fourth-order valence-electron chi connectivity index (χ4n) is 2.39. The number of imidazole rings is 1. The number of alkyl halides is 1. The third kappa shape index (κ3) is 2.52. The summed E-state index contributed by atoms with van der Waals surface area (Å²) in [5.41, 5.74) is 3.11. The quantitative estimate of drug-likeness (QED) is 0.575. The minimum Gasteiger partial charge on any atom is -0.292 e. The molecule has 0 aliphatic heterocycles. The number of nitrogens with zero attached hydrogens (tertiary/aromatic N) is 2. The van der Waals surface area contributed by atoms with Crippen LogP contribution in [0.3, 0.4) is 0 Å². The van der Waals surface area contributed by atoms with Crippen LogP contribution in [0.1, 0.15) is 23.7 Å². The van der Waals surface area contributed by atoms with Gasteiger partial charge in [0.1, 0.15) is 11.6 Å². The number of aryl methyl sites for hydroxylation is 1. The number of aromatic nitrogens is 2. The van der Waals surface area contributed by atoms with E-state index in [1.54, 1.807) is 16.7 Å². The van der Waals surface area contributed by atoms with Gasteiger partial charge in [0, 0.05) is 5.02 Å². The van der Waals surface area contributed by atoms with Crippen molar-refractivity contribution >= 4 is 34.2 Å². The zero-order valence-corrected chi connectivity index (χ0v) is 13.1. The Kier molecular flexibility index (Phi) is 3.64. The highest BCUT2D eigenvalue weighted by Gasteiger charge is 2.18. The molecular weight excluding hydrogens is 310 g/mol. The van der Waals surface area contributed by atoms with Crippen molar-refractivity contribution in [1.82, 2.24) is 9.55 Å². The lowest BCUT2D eigenvalue weighted by Crippen LogP contribution is -2.04. The van der Waals surface area contributed by atoms with Gasteiger partial charge in [0.15, 0.2) is 0 Å². The van der Waals surface area contributed by atoms with E-state index in [1.165, 1.54) is 6.07 Å². The van der Waals surface area contributed by atoms with Crippen molar-refractivity contribution in [3.05, 3.63) is 58.6 Å². The van der Waals surface area contributed by atoms with Gasteiger partial charge >= 0.3 is 0 Å². The minimum absolute atomic E-state index is 0.340. The van der Waals surface area contributed by atoms with Crippen LogP contribution in [-0.4, -0.2) is 9.55 Å². The van der Waals surface area contributed by atoms with Gasteiger partial charge in [-0.3, -0.25) is 4.57 Å². The van der Waals surface area contributed by atoms with Crippen molar-refractivity contribution in [3.8, 4) is 5.69 Å². The average Bonchev–Trinajstić information content (AvgIpc) is 2.77. The first-order valence-corrected chi connectivity index (χ1v) is 7.37. The van der Waals surface area contributed by atoms with Gasteiger partial charge in [-0.15, -0.1) is 11.6 Å². The van der Waals surface area contributed by atoms with Crippen molar-refractivity contribution in [3.63, 3.8) is 0 Å². The second kappa shape index (κ2) is 5.32. The SMILES string of the molecule is Cc1ccc2c(c1)nc(C(C)Cl)n2-c1ccc(Cl)cc1F. The van der Waals surface area contributed by atoms with Crippen molar-refractivity contribution in [2.45, 2.75) is 19.2 Å². The molecule has 1 unspecified atom stereocenters. The maximum Gasteiger partial charge on any atom is 0.148 e. The Morgan fingerprint density at radius 1 is 1.19 bits per heavy atom. The van der Waals surface area contributed by atoms with Crippen LogP contribution >= 0.6 is 23.2 Å². The van der Waals surface area contributed by atoms with E-state index in [2.05, 4.69) is 4.98 Å². The monoisotopic (exact) mass is 322 g/mol. The summed E-state index contributed by atoms with van der Waals surface area (Å²) in [6, 6.07) is 10.4. The Balaban J connectivity index is 2.36.